The number of anilines is 1. The molecular formula is C23H24N2O4S. The van der Waals surface area contributed by atoms with E-state index >= 15 is 0 Å². The summed E-state index contributed by atoms with van der Waals surface area (Å²) in [6, 6.07) is 21.6. The molecule has 0 fully saturated rings. The fourth-order valence-corrected chi connectivity index (χ4v) is 4.25. The van der Waals surface area contributed by atoms with Gasteiger partial charge in [0, 0.05) is 0 Å². The average molecular weight is 425 g/mol. The molecule has 0 heterocycles. The number of nitrogens with one attached hydrogen (secondary N) is 2. The molecule has 0 saturated heterocycles. The molecule has 3 aromatic rings. The third-order valence-corrected chi connectivity index (χ3v) is 6.05. The second-order valence-electron chi connectivity index (χ2n) is 6.87. The molecule has 156 valence electrons. The van der Waals surface area contributed by atoms with Gasteiger partial charge >= 0.3 is 0 Å². The minimum Gasteiger partial charge on any atom is -0.495 e. The zero-order chi connectivity index (χ0) is 21.6. The van der Waals surface area contributed by atoms with Gasteiger partial charge in [0.15, 0.2) is 0 Å². The lowest BCUT2D eigenvalue weighted by atomic mass is 10.1. The Hall–Kier alpha value is -3.16. The molecule has 0 aromatic heterocycles. The van der Waals surface area contributed by atoms with Crippen molar-refractivity contribution in [2.45, 2.75) is 24.3 Å². The first-order valence-electron chi connectivity index (χ1n) is 9.46. The third kappa shape index (κ3) is 5.46. The quantitative estimate of drug-likeness (QED) is 0.579. The molecule has 0 radical (unpaired) electrons. The standard InChI is InChI=1S/C23H24N2O4S/c1-17-13-14-22(29-2)20(15-17)24-23(26)21(16-18-9-5-3-6-10-18)25-30(27,28)19-11-7-4-8-12-19/h3-15,21,25H,16H2,1-2H3,(H,24,26)/t21-/m1/s1. The van der Waals surface area contributed by atoms with Crippen LogP contribution in [0.1, 0.15) is 11.1 Å². The van der Waals surface area contributed by atoms with Crippen LogP contribution >= 0.6 is 0 Å². The molecule has 6 nitrogen and oxygen atoms in total. The number of amides is 1. The molecule has 0 unspecified atom stereocenters. The van der Waals surface area contributed by atoms with E-state index in [0.717, 1.165) is 11.1 Å². The lowest BCUT2D eigenvalue weighted by molar-refractivity contribution is -0.117. The molecule has 30 heavy (non-hydrogen) atoms. The largest absolute Gasteiger partial charge is 0.495 e. The Morgan fingerprint density at radius 3 is 2.23 bits per heavy atom. The zero-order valence-corrected chi connectivity index (χ0v) is 17.6. The fourth-order valence-electron chi connectivity index (χ4n) is 3.03. The van der Waals surface area contributed by atoms with Gasteiger partial charge in [0.1, 0.15) is 11.8 Å². The van der Waals surface area contributed by atoms with Crippen LogP contribution in [0.15, 0.2) is 83.8 Å². The van der Waals surface area contributed by atoms with Gasteiger partial charge in [0.05, 0.1) is 17.7 Å². The minimum atomic E-state index is -3.88. The summed E-state index contributed by atoms with van der Waals surface area (Å²) in [5.74, 6) is 0.0283. The summed E-state index contributed by atoms with van der Waals surface area (Å²) >= 11 is 0. The van der Waals surface area contributed by atoms with Crippen molar-refractivity contribution in [3.63, 3.8) is 0 Å². The van der Waals surface area contributed by atoms with Gasteiger partial charge in [-0.1, -0.05) is 54.6 Å². The van der Waals surface area contributed by atoms with E-state index in [1.807, 2.05) is 43.3 Å². The van der Waals surface area contributed by atoms with E-state index in [4.69, 9.17) is 4.74 Å². The second-order valence-corrected chi connectivity index (χ2v) is 8.58. The number of sulfonamides is 1. The highest BCUT2D eigenvalue weighted by molar-refractivity contribution is 7.89. The van der Waals surface area contributed by atoms with Gasteiger partial charge < -0.3 is 10.1 Å². The van der Waals surface area contributed by atoms with Gasteiger partial charge in [0.2, 0.25) is 15.9 Å². The van der Waals surface area contributed by atoms with Crippen LogP contribution in [0.5, 0.6) is 5.75 Å². The first kappa shape index (κ1) is 21.5. The second kappa shape index (κ2) is 9.56. The van der Waals surface area contributed by atoms with Crippen molar-refractivity contribution in [3.8, 4) is 5.75 Å². The first-order valence-corrected chi connectivity index (χ1v) is 10.9. The lowest BCUT2D eigenvalue weighted by Gasteiger charge is -2.20. The Balaban J connectivity index is 1.89. The Morgan fingerprint density at radius 1 is 0.967 bits per heavy atom. The highest BCUT2D eigenvalue weighted by Crippen LogP contribution is 2.25. The summed E-state index contributed by atoms with van der Waals surface area (Å²) in [5, 5.41) is 2.81. The van der Waals surface area contributed by atoms with Crippen LogP contribution < -0.4 is 14.8 Å². The summed E-state index contributed by atoms with van der Waals surface area (Å²) < 4.78 is 33.6. The monoisotopic (exact) mass is 424 g/mol. The van der Waals surface area contributed by atoms with Crippen molar-refractivity contribution in [2.75, 3.05) is 12.4 Å². The van der Waals surface area contributed by atoms with Gasteiger partial charge in [-0.25, -0.2) is 8.42 Å². The number of rotatable bonds is 8. The molecule has 3 rings (SSSR count). The predicted molar refractivity (Wildman–Crippen MR) is 117 cm³/mol. The average Bonchev–Trinajstić information content (AvgIpc) is 2.75. The van der Waals surface area contributed by atoms with E-state index in [1.165, 1.54) is 19.2 Å². The maximum absolute atomic E-state index is 13.1. The summed E-state index contributed by atoms with van der Waals surface area (Å²) in [6.07, 6.45) is 0.201. The summed E-state index contributed by atoms with van der Waals surface area (Å²) in [5.41, 5.74) is 2.26. The normalized spacial score (nSPS) is 12.2. The molecule has 2 N–H and O–H groups in total. The van der Waals surface area contributed by atoms with Crippen LogP contribution in [0.25, 0.3) is 0 Å². The Morgan fingerprint density at radius 2 is 1.60 bits per heavy atom. The van der Waals surface area contributed by atoms with Crippen molar-refractivity contribution in [3.05, 3.63) is 90.0 Å². The van der Waals surface area contributed by atoms with Gasteiger partial charge in [0.25, 0.3) is 0 Å². The molecule has 7 heteroatoms. The van der Waals surface area contributed by atoms with Crippen LogP contribution in [0.2, 0.25) is 0 Å². The topological polar surface area (TPSA) is 84.5 Å². The van der Waals surface area contributed by atoms with Crippen molar-refractivity contribution >= 4 is 21.6 Å². The molecule has 0 spiro atoms. The van der Waals surface area contributed by atoms with Crippen LogP contribution in [-0.4, -0.2) is 27.5 Å². The van der Waals surface area contributed by atoms with E-state index in [9.17, 15) is 13.2 Å². The van der Waals surface area contributed by atoms with Crippen molar-refractivity contribution in [1.29, 1.82) is 0 Å². The van der Waals surface area contributed by atoms with Crippen molar-refractivity contribution in [1.82, 2.24) is 4.72 Å². The van der Waals surface area contributed by atoms with Gasteiger partial charge in [-0.2, -0.15) is 4.72 Å². The number of hydrogen-bond donors (Lipinski definition) is 2. The maximum Gasteiger partial charge on any atom is 0.243 e. The van der Waals surface area contributed by atoms with Gasteiger partial charge in [-0.15, -0.1) is 0 Å². The predicted octanol–water partition coefficient (Wildman–Crippen LogP) is 3.53. The Labute approximate surface area is 177 Å². The highest BCUT2D eigenvalue weighted by atomic mass is 32.2. The number of benzene rings is 3. The molecular weight excluding hydrogens is 400 g/mol. The summed E-state index contributed by atoms with van der Waals surface area (Å²) in [7, 11) is -2.37. The van der Waals surface area contributed by atoms with Crippen LogP contribution in [0.3, 0.4) is 0 Å². The number of carbonyl (C=O) groups excluding carboxylic acids is 1. The van der Waals surface area contributed by atoms with Crippen LogP contribution in [0.4, 0.5) is 5.69 Å². The molecule has 0 aliphatic heterocycles. The molecule has 1 amide bonds. The number of methoxy groups -OCH3 is 1. The third-order valence-electron chi connectivity index (χ3n) is 4.56. The van der Waals surface area contributed by atoms with E-state index in [2.05, 4.69) is 10.0 Å². The molecule has 0 aliphatic carbocycles. The maximum atomic E-state index is 13.1. The highest BCUT2D eigenvalue weighted by Gasteiger charge is 2.26. The molecule has 0 saturated carbocycles. The van der Waals surface area contributed by atoms with E-state index < -0.39 is 22.0 Å². The minimum absolute atomic E-state index is 0.101. The van der Waals surface area contributed by atoms with Crippen LogP contribution in [0, 0.1) is 6.92 Å². The Kier molecular flexibility index (Phi) is 6.87. The lowest BCUT2D eigenvalue weighted by Crippen LogP contribution is -2.45. The summed E-state index contributed by atoms with van der Waals surface area (Å²) in [6.45, 7) is 1.90. The summed E-state index contributed by atoms with van der Waals surface area (Å²) in [4.78, 5) is 13.2. The first-order chi connectivity index (χ1) is 14.4. The van der Waals surface area contributed by atoms with Crippen molar-refractivity contribution < 1.29 is 17.9 Å². The molecule has 3 aromatic carbocycles. The van der Waals surface area contributed by atoms with E-state index in [1.54, 1.807) is 30.3 Å². The number of carbonyl (C=O) groups is 1. The van der Waals surface area contributed by atoms with Gasteiger partial charge in [-0.3, -0.25) is 4.79 Å². The zero-order valence-electron chi connectivity index (χ0n) is 16.8. The van der Waals surface area contributed by atoms with Crippen molar-refractivity contribution in [2.24, 2.45) is 0 Å². The number of hydrogen-bond acceptors (Lipinski definition) is 4. The molecule has 0 aliphatic rings. The van der Waals surface area contributed by atoms with Gasteiger partial charge in [-0.05, 0) is 48.7 Å². The number of aryl methyl sites for hydroxylation is 1. The smallest absolute Gasteiger partial charge is 0.243 e. The number of ether oxygens (including phenoxy) is 1. The van der Waals surface area contributed by atoms with E-state index in [-0.39, 0.29) is 11.3 Å². The molecule has 1 atom stereocenters. The van der Waals surface area contributed by atoms with Crippen LogP contribution in [-0.2, 0) is 21.2 Å². The Bertz CT molecular complexity index is 1100. The molecule has 0 bridgehead atoms. The fraction of sp³-hybridized carbons (Fsp3) is 0.174. The van der Waals surface area contributed by atoms with E-state index in [0.29, 0.717) is 11.4 Å². The SMILES string of the molecule is COc1ccc(C)cc1NC(=O)[C@@H](Cc1ccccc1)NS(=O)(=O)c1ccccc1.